The summed E-state index contributed by atoms with van der Waals surface area (Å²) >= 11 is 0. The number of furan rings is 1. The van der Waals surface area contributed by atoms with Gasteiger partial charge in [-0.2, -0.15) is 0 Å². The predicted octanol–water partition coefficient (Wildman–Crippen LogP) is 3.63. The topological polar surface area (TPSA) is 89.8 Å². The highest BCUT2D eigenvalue weighted by Gasteiger charge is 2.14. The van der Waals surface area contributed by atoms with Crippen molar-refractivity contribution < 1.29 is 23.5 Å². The Morgan fingerprint density at radius 1 is 1.04 bits per heavy atom. The van der Waals surface area contributed by atoms with Crippen molar-refractivity contribution in [2.75, 3.05) is 13.7 Å². The number of nitrogens with one attached hydrogen (secondary N) is 2. The Balaban J connectivity index is 1.92. The van der Waals surface area contributed by atoms with Gasteiger partial charge in [-0.3, -0.25) is 20.4 Å². The lowest BCUT2D eigenvalue weighted by molar-refractivity contribution is 0.0845. The van der Waals surface area contributed by atoms with Gasteiger partial charge in [-0.05, 0) is 37.6 Å². The molecule has 0 spiro atoms. The molecule has 7 nitrogen and oxygen atoms in total. The molecule has 2 rings (SSSR count). The maximum absolute atomic E-state index is 12.3. The van der Waals surface area contributed by atoms with Gasteiger partial charge in [-0.25, -0.2) is 0 Å². The van der Waals surface area contributed by atoms with E-state index < -0.39 is 11.8 Å². The molecule has 2 N–H and O–H groups in total. The van der Waals surface area contributed by atoms with Crippen LogP contribution in [0.15, 0.2) is 34.9 Å². The van der Waals surface area contributed by atoms with Crippen LogP contribution in [0.1, 0.15) is 59.1 Å². The summed E-state index contributed by atoms with van der Waals surface area (Å²) < 4.78 is 16.1. The van der Waals surface area contributed by atoms with Crippen molar-refractivity contribution in [1.29, 1.82) is 0 Å². The number of hydrazine groups is 1. The monoisotopic (exact) mass is 374 g/mol. The molecule has 27 heavy (non-hydrogen) atoms. The van der Waals surface area contributed by atoms with Gasteiger partial charge in [0.2, 0.25) is 0 Å². The van der Waals surface area contributed by atoms with Crippen molar-refractivity contribution in [2.45, 2.75) is 39.5 Å². The van der Waals surface area contributed by atoms with Gasteiger partial charge >= 0.3 is 0 Å². The molecule has 0 atom stereocenters. The van der Waals surface area contributed by atoms with Crippen molar-refractivity contribution in [3.8, 4) is 11.5 Å². The average molecular weight is 374 g/mol. The molecule has 0 saturated heterocycles. The lowest BCUT2D eigenvalue weighted by Gasteiger charge is -2.12. The SMILES string of the molecule is CCCCCCOc1ccc(C(=O)NNC(=O)c2ccoc2C)cc1OC. The van der Waals surface area contributed by atoms with Crippen LogP contribution in [-0.2, 0) is 0 Å². The molecule has 0 unspecified atom stereocenters. The van der Waals surface area contributed by atoms with Crippen LogP contribution in [0.5, 0.6) is 11.5 Å². The van der Waals surface area contributed by atoms with Crippen LogP contribution in [0, 0.1) is 6.92 Å². The first kappa shape index (κ1) is 20.4. The van der Waals surface area contributed by atoms with Gasteiger partial charge < -0.3 is 13.9 Å². The minimum Gasteiger partial charge on any atom is -0.493 e. The summed E-state index contributed by atoms with van der Waals surface area (Å²) in [5, 5.41) is 0. The summed E-state index contributed by atoms with van der Waals surface area (Å²) in [6.07, 6.45) is 5.86. The molecular formula is C20H26N2O5. The number of unbranched alkanes of at least 4 members (excludes halogenated alkanes) is 3. The van der Waals surface area contributed by atoms with Gasteiger partial charge in [0.15, 0.2) is 11.5 Å². The van der Waals surface area contributed by atoms with E-state index in [1.165, 1.54) is 32.3 Å². The zero-order valence-corrected chi connectivity index (χ0v) is 16.0. The van der Waals surface area contributed by atoms with Crippen LogP contribution in [0.4, 0.5) is 0 Å². The summed E-state index contributed by atoms with van der Waals surface area (Å²) in [6, 6.07) is 6.42. The molecular weight excluding hydrogens is 348 g/mol. The summed E-state index contributed by atoms with van der Waals surface area (Å²) in [4.78, 5) is 24.3. The lowest BCUT2D eigenvalue weighted by atomic mass is 10.2. The molecule has 0 aliphatic rings. The third-order valence-corrected chi connectivity index (χ3v) is 4.07. The Labute approximate surface area is 159 Å². The number of hydrogen-bond acceptors (Lipinski definition) is 5. The first-order valence-electron chi connectivity index (χ1n) is 9.02. The number of carbonyl (C=O) groups excluding carboxylic acids is 2. The number of ether oxygens (including phenoxy) is 2. The minimum atomic E-state index is -0.461. The highest BCUT2D eigenvalue weighted by molar-refractivity contribution is 5.99. The smallest absolute Gasteiger partial charge is 0.273 e. The van der Waals surface area contributed by atoms with Crippen LogP contribution in [0.25, 0.3) is 0 Å². The van der Waals surface area contributed by atoms with Crippen molar-refractivity contribution in [2.24, 2.45) is 0 Å². The van der Waals surface area contributed by atoms with Crippen LogP contribution < -0.4 is 20.3 Å². The van der Waals surface area contributed by atoms with Crippen LogP contribution in [-0.4, -0.2) is 25.5 Å². The van der Waals surface area contributed by atoms with E-state index in [9.17, 15) is 9.59 Å². The van der Waals surface area contributed by atoms with Crippen molar-refractivity contribution in [3.05, 3.63) is 47.4 Å². The standard InChI is InChI=1S/C20H26N2O5/c1-4-5-6-7-11-27-17-9-8-15(13-18(17)25-3)19(23)21-22-20(24)16-10-12-26-14(16)2/h8-10,12-13H,4-7,11H2,1-3H3,(H,21,23)(H,22,24). The Hall–Kier alpha value is -2.96. The first-order valence-corrected chi connectivity index (χ1v) is 9.02. The highest BCUT2D eigenvalue weighted by atomic mass is 16.5. The second kappa shape index (κ2) is 10.3. The Morgan fingerprint density at radius 2 is 1.81 bits per heavy atom. The van der Waals surface area contributed by atoms with Crippen LogP contribution in [0.3, 0.4) is 0 Å². The lowest BCUT2D eigenvalue weighted by Crippen LogP contribution is -2.41. The normalized spacial score (nSPS) is 10.3. The highest BCUT2D eigenvalue weighted by Crippen LogP contribution is 2.28. The van der Waals surface area contributed by atoms with E-state index in [-0.39, 0.29) is 0 Å². The minimum absolute atomic E-state index is 0.342. The largest absolute Gasteiger partial charge is 0.493 e. The number of rotatable bonds is 9. The zero-order valence-electron chi connectivity index (χ0n) is 16.0. The fraction of sp³-hybridized carbons (Fsp3) is 0.400. The maximum Gasteiger partial charge on any atom is 0.273 e. The molecule has 2 amide bonds. The quantitative estimate of drug-likeness (QED) is 0.517. The van der Waals surface area contributed by atoms with E-state index in [4.69, 9.17) is 13.9 Å². The van der Waals surface area contributed by atoms with Crippen molar-refractivity contribution in [3.63, 3.8) is 0 Å². The first-order chi connectivity index (χ1) is 13.1. The fourth-order valence-electron chi connectivity index (χ4n) is 2.51. The van der Waals surface area contributed by atoms with E-state index in [0.29, 0.717) is 35.0 Å². The Bertz CT molecular complexity index is 769. The van der Waals surface area contributed by atoms with Gasteiger partial charge in [0.25, 0.3) is 11.8 Å². The number of amides is 2. The van der Waals surface area contributed by atoms with Gasteiger partial charge in [0.1, 0.15) is 5.76 Å². The molecule has 0 bridgehead atoms. The number of hydrogen-bond donors (Lipinski definition) is 2. The molecule has 0 aliphatic heterocycles. The van der Waals surface area contributed by atoms with Gasteiger partial charge in [-0.1, -0.05) is 26.2 Å². The molecule has 2 aromatic rings. The fourth-order valence-corrected chi connectivity index (χ4v) is 2.51. The van der Waals surface area contributed by atoms with Crippen LogP contribution in [0.2, 0.25) is 0 Å². The summed E-state index contributed by atoms with van der Waals surface area (Å²) in [5.41, 5.74) is 5.44. The Morgan fingerprint density at radius 3 is 2.48 bits per heavy atom. The number of aryl methyl sites for hydroxylation is 1. The summed E-state index contributed by atoms with van der Waals surface area (Å²) in [6.45, 7) is 4.43. The van der Waals surface area contributed by atoms with E-state index >= 15 is 0 Å². The van der Waals surface area contributed by atoms with Crippen molar-refractivity contribution in [1.82, 2.24) is 10.9 Å². The van der Waals surface area contributed by atoms with E-state index in [0.717, 1.165) is 12.8 Å². The molecule has 0 radical (unpaired) electrons. The molecule has 1 aromatic carbocycles. The molecule has 0 aliphatic carbocycles. The Kier molecular flexibility index (Phi) is 7.73. The molecule has 1 aromatic heterocycles. The third-order valence-electron chi connectivity index (χ3n) is 4.07. The molecule has 146 valence electrons. The average Bonchev–Trinajstić information content (AvgIpc) is 3.11. The third kappa shape index (κ3) is 5.77. The molecule has 0 fully saturated rings. The van der Waals surface area contributed by atoms with Gasteiger partial charge in [0.05, 0.1) is 25.5 Å². The van der Waals surface area contributed by atoms with Crippen LogP contribution >= 0.6 is 0 Å². The molecule has 0 saturated carbocycles. The second-order valence-electron chi connectivity index (χ2n) is 6.07. The second-order valence-corrected chi connectivity index (χ2v) is 6.07. The molecule has 1 heterocycles. The zero-order chi connectivity index (χ0) is 19.6. The number of benzene rings is 1. The van der Waals surface area contributed by atoms with E-state index in [1.54, 1.807) is 25.1 Å². The van der Waals surface area contributed by atoms with Gasteiger partial charge in [0, 0.05) is 5.56 Å². The number of methoxy groups -OCH3 is 1. The van der Waals surface area contributed by atoms with Gasteiger partial charge in [-0.15, -0.1) is 0 Å². The summed E-state index contributed by atoms with van der Waals surface area (Å²) in [7, 11) is 1.52. The van der Waals surface area contributed by atoms with E-state index in [1.807, 2.05) is 0 Å². The predicted molar refractivity (Wildman–Crippen MR) is 101 cm³/mol. The molecule has 7 heteroatoms. The number of carbonyl (C=O) groups is 2. The summed E-state index contributed by atoms with van der Waals surface area (Å²) in [5.74, 6) is 0.619. The van der Waals surface area contributed by atoms with Crippen molar-refractivity contribution >= 4 is 11.8 Å². The van der Waals surface area contributed by atoms with E-state index in [2.05, 4.69) is 17.8 Å². The maximum atomic E-state index is 12.3.